The molecule has 1 aromatic rings. The second-order valence-corrected chi connectivity index (χ2v) is 4.62. The Bertz CT molecular complexity index is 532. The summed E-state index contributed by atoms with van der Waals surface area (Å²) < 4.78 is 23.9. The molecule has 1 aliphatic rings. The van der Waals surface area contributed by atoms with Crippen molar-refractivity contribution in [2.24, 2.45) is 0 Å². The van der Waals surface area contributed by atoms with E-state index in [4.69, 9.17) is 10.00 Å². The van der Waals surface area contributed by atoms with Crippen LogP contribution in [0.3, 0.4) is 0 Å². The molecule has 0 amide bonds. The zero-order valence-electron chi connectivity index (χ0n) is 10.6. The van der Waals surface area contributed by atoms with Gasteiger partial charge in [-0.3, -0.25) is 4.79 Å². The average Bonchev–Trinajstić information content (AvgIpc) is 2.36. The molecule has 0 N–H and O–H groups in total. The first-order valence-corrected chi connectivity index (χ1v) is 6.05. The molecule has 1 saturated carbocycles. The van der Waals surface area contributed by atoms with Crippen molar-refractivity contribution >= 4 is 5.97 Å². The molecule has 4 nitrogen and oxygen atoms in total. The van der Waals surface area contributed by atoms with Crippen molar-refractivity contribution in [3.05, 3.63) is 29.6 Å². The molecule has 100 valence electrons. The lowest BCUT2D eigenvalue weighted by molar-refractivity contribution is -0.148. The number of rotatable bonds is 4. The zero-order valence-corrected chi connectivity index (χ0v) is 10.6. The second kappa shape index (κ2) is 5.27. The maximum absolute atomic E-state index is 13.5. The summed E-state index contributed by atoms with van der Waals surface area (Å²) in [6, 6.07) is 6.02. The molecule has 2 rings (SSSR count). The molecule has 1 fully saturated rings. The molecule has 0 aliphatic heterocycles. The van der Waals surface area contributed by atoms with E-state index in [-0.39, 0.29) is 23.7 Å². The lowest BCUT2D eigenvalue weighted by Gasteiger charge is -2.41. The van der Waals surface area contributed by atoms with Gasteiger partial charge in [-0.2, -0.15) is 5.26 Å². The predicted molar refractivity (Wildman–Crippen MR) is 65.0 cm³/mol. The van der Waals surface area contributed by atoms with E-state index in [1.807, 2.05) is 0 Å². The Hall–Kier alpha value is -2.09. The highest BCUT2D eigenvalue weighted by molar-refractivity contribution is 5.70. The Morgan fingerprint density at radius 3 is 2.79 bits per heavy atom. The number of carbonyl (C=O) groups is 1. The highest BCUT2D eigenvalue weighted by Gasteiger charge is 2.42. The highest BCUT2D eigenvalue weighted by Crippen LogP contribution is 2.40. The Kier molecular flexibility index (Phi) is 3.70. The van der Waals surface area contributed by atoms with Gasteiger partial charge in [-0.05, 0) is 31.4 Å². The molecule has 0 atom stereocenters. The first-order chi connectivity index (χ1) is 9.10. The van der Waals surface area contributed by atoms with Crippen molar-refractivity contribution in [2.75, 3.05) is 7.11 Å². The first kappa shape index (κ1) is 13.3. The third-order valence-electron chi connectivity index (χ3n) is 3.37. The van der Waals surface area contributed by atoms with Gasteiger partial charge in [0.15, 0.2) is 0 Å². The van der Waals surface area contributed by atoms with Crippen LogP contribution in [0.2, 0.25) is 0 Å². The number of halogens is 1. The number of hydrogen-bond acceptors (Lipinski definition) is 4. The van der Waals surface area contributed by atoms with Gasteiger partial charge < -0.3 is 9.47 Å². The van der Waals surface area contributed by atoms with Gasteiger partial charge in [-0.15, -0.1) is 0 Å². The Morgan fingerprint density at radius 1 is 1.53 bits per heavy atom. The van der Waals surface area contributed by atoms with E-state index in [2.05, 4.69) is 4.74 Å². The largest absolute Gasteiger partial charge is 0.485 e. The highest BCUT2D eigenvalue weighted by atomic mass is 19.1. The second-order valence-electron chi connectivity index (χ2n) is 4.62. The van der Waals surface area contributed by atoms with Crippen LogP contribution in [0.15, 0.2) is 18.2 Å². The first-order valence-electron chi connectivity index (χ1n) is 6.05. The Balaban J connectivity index is 2.22. The fourth-order valence-corrected chi connectivity index (χ4v) is 2.15. The molecule has 5 heteroatoms. The minimum atomic E-state index is -0.660. The summed E-state index contributed by atoms with van der Waals surface area (Å²) in [7, 11) is 1.32. The number of hydrogen-bond donors (Lipinski definition) is 0. The third kappa shape index (κ3) is 2.68. The van der Waals surface area contributed by atoms with Crippen molar-refractivity contribution in [1.29, 1.82) is 5.26 Å². The normalized spacial score (nSPS) is 16.1. The van der Waals surface area contributed by atoms with Gasteiger partial charge >= 0.3 is 5.97 Å². The molecule has 0 saturated heterocycles. The maximum Gasteiger partial charge on any atom is 0.309 e. The van der Waals surface area contributed by atoms with Gasteiger partial charge in [0.25, 0.3) is 0 Å². The number of benzene rings is 1. The fraction of sp³-hybridized carbons (Fsp3) is 0.429. The van der Waals surface area contributed by atoms with Crippen LogP contribution in [0.5, 0.6) is 5.75 Å². The SMILES string of the molecule is COC(=O)CC1(Oc2cccc(F)c2C#N)CCC1. The monoisotopic (exact) mass is 263 g/mol. The van der Waals surface area contributed by atoms with Crippen LogP contribution in [-0.4, -0.2) is 18.7 Å². The van der Waals surface area contributed by atoms with E-state index < -0.39 is 11.4 Å². The minimum Gasteiger partial charge on any atom is -0.485 e. The van der Waals surface area contributed by atoms with Crippen molar-refractivity contribution in [1.82, 2.24) is 0 Å². The molecular formula is C14H14FNO3. The predicted octanol–water partition coefficient (Wildman–Crippen LogP) is 2.56. The number of carbonyl (C=O) groups excluding carboxylic acids is 1. The van der Waals surface area contributed by atoms with Gasteiger partial charge in [-0.1, -0.05) is 6.07 Å². The van der Waals surface area contributed by atoms with Gasteiger partial charge in [0.2, 0.25) is 0 Å². The van der Waals surface area contributed by atoms with Crippen LogP contribution < -0.4 is 4.74 Å². The maximum atomic E-state index is 13.5. The topological polar surface area (TPSA) is 59.3 Å². The van der Waals surface area contributed by atoms with Gasteiger partial charge in [0, 0.05) is 0 Å². The lowest BCUT2D eigenvalue weighted by atomic mass is 9.77. The quantitative estimate of drug-likeness (QED) is 0.783. The van der Waals surface area contributed by atoms with Crippen LogP contribution in [0.25, 0.3) is 0 Å². The molecule has 1 aliphatic carbocycles. The molecule has 0 radical (unpaired) electrons. The smallest absolute Gasteiger partial charge is 0.309 e. The van der Waals surface area contributed by atoms with Crippen molar-refractivity contribution in [3.63, 3.8) is 0 Å². The van der Waals surface area contributed by atoms with E-state index in [1.54, 1.807) is 12.1 Å². The van der Waals surface area contributed by atoms with E-state index in [1.165, 1.54) is 19.2 Å². The molecule has 0 aromatic heterocycles. The fourth-order valence-electron chi connectivity index (χ4n) is 2.15. The van der Waals surface area contributed by atoms with Crippen LogP contribution in [-0.2, 0) is 9.53 Å². The zero-order chi connectivity index (χ0) is 13.9. The minimum absolute atomic E-state index is 0.116. The molecular weight excluding hydrogens is 249 g/mol. The van der Waals surface area contributed by atoms with Gasteiger partial charge in [0.05, 0.1) is 13.5 Å². The average molecular weight is 263 g/mol. The van der Waals surface area contributed by atoms with Gasteiger partial charge in [0.1, 0.15) is 28.8 Å². The summed E-state index contributed by atoms with van der Waals surface area (Å²) in [4.78, 5) is 11.4. The summed E-state index contributed by atoms with van der Waals surface area (Å²) in [6.07, 6.45) is 2.45. The summed E-state index contributed by atoms with van der Waals surface area (Å²) >= 11 is 0. The Labute approximate surface area is 110 Å². The number of nitriles is 1. The van der Waals surface area contributed by atoms with Crippen LogP contribution in [0.1, 0.15) is 31.2 Å². The van der Waals surface area contributed by atoms with E-state index in [9.17, 15) is 9.18 Å². The molecule has 19 heavy (non-hydrogen) atoms. The number of methoxy groups -OCH3 is 1. The van der Waals surface area contributed by atoms with Crippen LogP contribution in [0, 0.1) is 17.1 Å². The lowest BCUT2D eigenvalue weighted by Crippen LogP contribution is -2.45. The van der Waals surface area contributed by atoms with E-state index in [0.717, 1.165) is 6.42 Å². The van der Waals surface area contributed by atoms with Crippen molar-refractivity contribution in [2.45, 2.75) is 31.3 Å². The standard InChI is InChI=1S/C14H14FNO3/c1-18-13(17)8-14(6-3-7-14)19-12-5-2-4-11(15)10(12)9-16/h2,4-5H,3,6-8H2,1H3. The molecule has 1 aromatic carbocycles. The summed E-state index contributed by atoms with van der Waals surface area (Å²) in [6.45, 7) is 0. The summed E-state index contributed by atoms with van der Waals surface area (Å²) in [5.41, 5.74) is -0.786. The molecule has 0 bridgehead atoms. The summed E-state index contributed by atoms with van der Waals surface area (Å²) in [5.74, 6) is -0.798. The molecule has 0 unspecified atom stereocenters. The van der Waals surface area contributed by atoms with Crippen LogP contribution >= 0.6 is 0 Å². The Morgan fingerprint density at radius 2 is 2.26 bits per heavy atom. The summed E-state index contributed by atoms with van der Waals surface area (Å²) in [5, 5.41) is 8.95. The molecule has 0 heterocycles. The van der Waals surface area contributed by atoms with Crippen molar-refractivity contribution < 1.29 is 18.7 Å². The van der Waals surface area contributed by atoms with Crippen molar-refractivity contribution in [3.8, 4) is 11.8 Å². The van der Waals surface area contributed by atoms with E-state index >= 15 is 0 Å². The van der Waals surface area contributed by atoms with E-state index in [0.29, 0.717) is 12.8 Å². The molecule has 0 spiro atoms. The number of esters is 1. The van der Waals surface area contributed by atoms with Crippen LogP contribution in [0.4, 0.5) is 4.39 Å². The number of nitrogens with zero attached hydrogens (tertiary/aromatic N) is 1. The van der Waals surface area contributed by atoms with Gasteiger partial charge in [-0.25, -0.2) is 4.39 Å². The number of ether oxygens (including phenoxy) is 2. The third-order valence-corrected chi connectivity index (χ3v) is 3.37.